The lowest BCUT2D eigenvalue weighted by atomic mass is 9.85. The van der Waals surface area contributed by atoms with Crippen LogP contribution in [-0.4, -0.2) is 36.9 Å². The molecule has 1 aliphatic rings. The molecule has 3 atom stereocenters. The van der Waals surface area contributed by atoms with Crippen molar-refractivity contribution in [1.29, 1.82) is 0 Å². The second kappa shape index (κ2) is 5.67. The van der Waals surface area contributed by atoms with E-state index in [0.29, 0.717) is 23.4 Å². The maximum atomic E-state index is 5.86. The molecule has 0 aliphatic heterocycles. The summed E-state index contributed by atoms with van der Waals surface area (Å²) in [6, 6.07) is 2.14. The van der Waals surface area contributed by atoms with Gasteiger partial charge in [0.2, 0.25) is 0 Å². The first kappa shape index (κ1) is 12.6. The number of halogens is 1. The molecule has 2 rings (SSSR count). The third kappa shape index (κ3) is 2.89. The van der Waals surface area contributed by atoms with Gasteiger partial charge in [-0.3, -0.25) is 4.98 Å². The molecule has 3 unspecified atom stereocenters. The predicted molar refractivity (Wildman–Crippen MR) is 66.5 cm³/mol. The van der Waals surface area contributed by atoms with Crippen molar-refractivity contribution in [3.8, 4) is 5.75 Å². The minimum atomic E-state index is 0.0765. The van der Waals surface area contributed by atoms with Gasteiger partial charge in [-0.1, -0.05) is 11.6 Å². The topological polar surface area (TPSA) is 43.4 Å². The van der Waals surface area contributed by atoms with E-state index in [0.717, 1.165) is 6.42 Å². The van der Waals surface area contributed by atoms with Gasteiger partial charge in [-0.15, -0.1) is 0 Å². The Kier molecular flexibility index (Phi) is 4.20. The third-order valence-corrected chi connectivity index (χ3v) is 3.15. The van der Waals surface area contributed by atoms with Gasteiger partial charge < -0.3 is 14.8 Å². The fourth-order valence-corrected chi connectivity index (χ4v) is 2.19. The zero-order chi connectivity index (χ0) is 12.3. The first-order chi connectivity index (χ1) is 8.24. The molecular formula is C12H17ClN2O2. The molecule has 1 aliphatic carbocycles. The molecular weight excluding hydrogens is 240 g/mol. The van der Waals surface area contributed by atoms with E-state index in [1.807, 2.05) is 14.0 Å². The van der Waals surface area contributed by atoms with Gasteiger partial charge in [-0.25, -0.2) is 0 Å². The lowest BCUT2D eigenvalue weighted by Crippen LogP contribution is -2.60. The second-order valence-corrected chi connectivity index (χ2v) is 4.48. The Morgan fingerprint density at radius 3 is 3.00 bits per heavy atom. The average Bonchev–Trinajstić information content (AvgIpc) is 2.31. The van der Waals surface area contributed by atoms with Crippen molar-refractivity contribution in [1.82, 2.24) is 10.3 Å². The van der Waals surface area contributed by atoms with Crippen molar-refractivity contribution < 1.29 is 9.47 Å². The molecule has 4 nitrogen and oxygen atoms in total. The van der Waals surface area contributed by atoms with Crippen molar-refractivity contribution in [2.45, 2.75) is 31.6 Å². The van der Waals surface area contributed by atoms with Crippen LogP contribution >= 0.6 is 11.6 Å². The maximum absolute atomic E-state index is 5.86. The second-order valence-electron chi connectivity index (χ2n) is 4.05. The molecule has 0 saturated heterocycles. The SMILES string of the molecule is CCOC1C(NC)CC1Oc1cncc(Cl)c1. The molecule has 0 bridgehead atoms. The van der Waals surface area contributed by atoms with Crippen molar-refractivity contribution >= 4 is 11.6 Å². The van der Waals surface area contributed by atoms with Gasteiger partial charge in [0.15, 0.2) is 0 Å². The summed E-state index contributed by atoms with van der Waals surface area (Å²) in [6.45, 7) is 2.68. The summed E-state index contributed by atoms with van der Waals surface area (Å²) in [4.78, 5) is 3.99. The summed E-state index contributed by atoms with van der Waals surface area (Å²) in [6.07, 6.45) is 4.37. The number of rotatable bonds is 5. The number of likely N-dealkylation sites (N-methyl/N-ethyl adjacent to an activating group) is 1. The van der Waals surface area contributed by atoms with E-state index >= 15 is 0 Å². The Labute approximate surface area is 106 Å². The predicted octanol–water partition coefficient (Wildman–Crippen LogP) is 1.88. The summed E-state index contributed by atoms with van der Waals surface area (Å²) in [5.41, 5.74) is 0. The lowest BCUT2D eigenvalue weighted by Gasteiger charge is -2.43. The van der Waals surface area contributed by atoms with Crippen LogP contribution in [-0.2, 0) is 4.74 Å². The smallest absolute Gasteiger partial charge is 0.139 e. The largest absolute Gasteiger partial charge is 0.486 e. The monoisotopic (exact) mass is 256 g/mol. The molecule has 5 heteroatoms. The first-order valence-corrected chi connectivity index (χ1v) is 6.18. The Balaban J connectivity index is 1.95. The van der Waals surface area contributed by atoms with Crippen molar-refractivity contribution in [3.63, 3.8) is 0 Å². The van der Waals surface area contributed by atoms with Gasteiger partial charge in [0, 0.05) is 31.3 Å². The number of hydrogen-bond acceptors (Lipinski definition) is 4. The standard InChI is InChI=1S/C12H17ClN2O2/c1-3-16-12-10(14-2)5-11(12)17-9-4-8(13)6-15-7-9/h4,6-7,10-12,14H,3,5H2,1-2H3. The fraction of sp³-hybridized carbons (Fsp3) is 0.583. The zero-order valence-corrected chi connectivity index (χ0v) is 10.8. The normalized spacial score (nSPS) is 27.6. The minimum absolute atomic E-state index is 0.0765. The van der Waals surface area contributed by atoms with Crippen LogP contribution in [0.2, 0.25) is 5.02 Å². The highest BCUT2D eigenvalue weighted by molar-refractivity contribution is 6.30. The van der Waals surface area contributed by atoms with Crippen LogP contribution in [0.4, 0.5) is 0 Å². The van der Waals surface area contributed by atoms with Gasteiger partial charge in [-0.05, 0) is 14.0 Å². The Bertz CT molecular complexity index is 375. The number of ether oxygens (including phenoxy) is 2. The lowest BCUT2D eigenvalue weighted by molar-refractivity contribution is -0.103. The van der Waals surface area contributed by atoms with Crippen LogP contribution in [0, 0.1) is 0 Å². The minimum Gasteiger partial charge on any atom is -0.486 e. The highest BCUT2D eigenvalue weighted by atomic mass is 35.5. The summed E-state index contributed by atoms with van der Waals surface area (Å²) < 4.78 is 11.5. The molecule has 1 fully saturated rings. The molecule has 0 spiro atoms. The summed E-state index contributed by atoms with van der Waals surface area (Å²) in [5, 5.41) is 3.80. The van der Waals surface area contributed by atoms with Gasteiger partial charge in [0.25, 0.3) is 0 Å². The van der Waals surface area contributed by atoms with E-state index in [4.69, 9.17) is 21.1 Å². The molecule has 17 heavy (non-hydrogen) atoms. The molecule has 1 saturated carbocycles. The summed E-state index contributed by atoms with van der Waals surface area (Å²) in [5.74, 6) is 0.696. The molecule has 0 aromatic carbocycles. The van der Waals surface area contributed by atoms with Crippen molar-refractivity contribution in [3.05, 3.63) is 23.5 Å². The van der Waals surface area contributed by atoms with Crippen LogP contribution in [0.25, 0.3) is 0 Å². The quantitative estimate of drug-likeness (QED) is 0.874. The summed E-state index contributed by atoms with van der Waals surface area (Å²) >= 11 is 5.86. The molecule has 1 aromatic rings. The van der Waals surface area contributed by atoms with Gasteiger partial charge in [0.05, 0.1) is 11.2 Å². The van der Waals surface area contributed by atoms with E-state index in [1.54, 1.807) is 18.5 Å². The molecule has 94 valence electrons. The van der Waals surface area contributed by atoms with E-state index in [2.05, 4.69) is 10.3 Å². The Morgan fingerprint density at radius 1 is 1.53 bits per heavy atom. The van der Waals surface area contributed by atoms with E-state index in [9.17, 15) is 0 Å². The highest BCUT2D eigenvalue weighted by Gasteiger charge is 2.42. The summed E-state index contributed by atoms with van der Waals surface area (Å²) in [7, 11) is 1.94. The molecule has 1 N–H and O–H groups in total. The Morgan fingerprint density at radius 2 is 2.35 bits per heavy atom. The molecule has 0 radical (unpaired) electrons. The average molecular weight is 257 g/mol. The maximum Gasteiger partial charge on any atom is 0.139 e. The van der Waals surface area contributed by atoms with E-state index in [-0.39, 0.29) is 12.2 Å². The van der Waals surface area contributed by atoms with E-state index in [1.165, 1.54) is 0 Å². The number of nitrogens with zero attached hydrogens (tertiary/aromatic N) is 1. The number of aromatic nitrogens is 1. The third-order valence-electron chi connectivity index (χ3n) is 2.95. The van der Waals surface area contributed by atoms with E-state index < -0.39 is 0 Å². The van der Waals surface area contributed by atoms with Gasteiger partial charge in [-0.2, -0.15) is 0 Å². The van der Waals surface area contributed by atoms with Crippen LogP contribution < -0.4 is 10.1 Å². The molecule has 1 aromatic heterocycles. The fourth-order valence-electron chi connectivity index (χ4n) is 2.03. The van der Waals surface area contributed by atoms with Gasteiger partial charge in [0.1, 0.15) is 18.0 Å². The molecule has 0 amide bonds. The van der Waals surface area contributed by atoms with Crippen LogP contribution in [0.1, 0.15) is 13.3 Å². The number of pyridine rings is 1. The van der Waals surface area contributed by atoms with Crippen LogP contribution in [0.5, 0.6) is 5.75 Å². The number of hydrogen-bond donors (Lipinski definition) is 1. The Hall–Kier alpha value is -0.840. The van der Waals surface area contributed by atoms with Crippen molar-refractivity contribution in [2.24, 2.45) is 0 Å². The van der Waals surface area contributed by atoms with Crippen LogP contribution in [0.3, 0.4) is 0 Å². The number of nitrogens with one attached hydrogen (secondary N) is 1. The highest BCUT2D eigenvalue weighted by Crippen LogP contribution is 2.29. The van der Waals surface area contributed by atoms with Crippen molar-refractivity contribution in [2.75, 3.05) is 13.7 Å². The van der Waals surface area contributed by atoms with Crippen LogP contribution in [0.15, 0.2) is 18.5 Å². The zero-order valence-electron chi connectivity index (χ0n) is 10.0. The molecule has 1 heterocycles. The van der Waals surface area contributed by atoms with Gasteiger partial charge >= 0.3 is 0 Å². The first-order valence-electron chi connectivity index (χ1n) is 5.80.